The Morgan fingerprint density at radius 3 is 1.02 bits per heavy atom. The Morgan fingerprint density at radius 2 is 0.477 bits per heavy atom. The second-order valence-electron chi connectivity index (χ2n) is 35.2. The van der Waals surface area contributed by atoms with Gasteiger partial charge in [-0.1, -0.05) is 334 Å². The van der Waals surface area contributed by atoms with Crippen LogP contribution in [0, 0.1) is 0 Å². The van der Waals surface area contributed by atoms with E-state index in [2.05, 4.69) is 479 Å². The molecule has 4 heterocycles. The van der Waals surface area contributed by atoms with E-state index >= 15 is 0 Å². The van der Waals surface area contributed by atoms with Crippen molar-refractivity contribution in [2.45, 2.75) is 0 Å². The Labute approximate surface area is 747 Å². The fourth-order valence-electron chi connectivity index (χ4n) is 22.7. The second kappa shape index (κ2) is 28.2. The van der Waals surface area contributed by atoms with Crippen LogP contribution in [-0.4, -0.2) is 18.3 Å². The summed E-state index contributed by atoms with van der Waals surface area (Å²) in [6, 6.07) is 171. The van der Waals surface area contributed by atoms with Crippen molar-refractivity contribution in [1.29, 1.82) is 0 Å². The van der Waals surface area contributed by atoms with Crippen molar-refractivity contribution in [3.63, 3.8) is 0 Å². The number of hydrogen-bond acceptors (Lipinski definition) is 0. The molecule has 0 fully saturated rings. The van der Waals surface area contributed by atoms with Gasteiger partial charge < -0.3 is 18.3 Å². The largest absolute Gasteiger partial charge is 0.309 e. The van der Waals surface area contributed by atoms with E-state index in [1.54, 1.807) is 0 Å². The molecule has 29 rings (SSSR count). The van der Waals surface area contributed by atoms with Gasteiger partial charge in [0.1, 0.15) is 0 Å². The minimum absolute atomic E-state index is 1.14. The van der Waals surface area contributed by atoms with Crippen molar-refractivity contribution in [3.05, 3.63) is 461 Å². The van der Waals surface area contributed by atoms with E-state index in [0.717, 1.165) is 11.4 Å². The van der Waals surface area contributed by atoms with Crippen molar-refractivity contribution in [1.82, 2.24) is 18.3 Å². The summed E-state index contributed by atoms with van der Waals surface area (Å²) in [7, 11) is 0. The first-order valence-corrected chi connectivity index (χ1v) is 45.1. The molecule has 0 bridgehead atoms. The number of hydrogen-bond donors (Lipinski definition) is 0. The Morgan fingerprint density at radius 1 is 0.115 bits per heavy atom. The lowest BCUT2D eigenvalue weighted by Gasteiger charge is -2.18. The van der Waals surface area contributed by atoms with Crippen molar-refractivity contribution < 1.29 is 0 Å². The van der Waals surface area contributed by atoms with Crippen molar-refractivity contribution in [3.8, 4) is 89.5 Å². The molecule has 1 aliphatic carbocycles. The van der Waals surface area contributed by atoms with Crippen LogP contribution in [0.25, 0.3) is 274 Å². The number of rotatable bonds is 8. The lowest BCUT2D eigenvalue weighted by molar-refractivity contribution is 1.18. The van der Waals surface area contributed by atoms with E-state index in [1.165, 1.54) is 262 Å². The van der Waals surface area contributed by atoms with E-state index in [4.69, 9.17) is 0 Å². The molecule has 130 heavy (non-hydrogen) atoms. The Balaban J connectivity index is 0.000000131. The van der Waals surface area contributed by atoms with Crippen LogP contribution in [-0.2, 0) is 0 Å². The van der Waals surface area contributed by atoms with Gasteiger partial charge in [0.2, 0.25) is 0 Å². The van der Waals surface area contributed by atoms with Crippen molar-refractivity contribution >= 4 is 184 Å². The standard InChI is InChI=1S/C66H40N2.C60H36N2/c1-3-20-47-41(15-1)17-14-30-60(47)68-62-29-12-10-26-53(62)58-39-44(33-36-64(58)68)43-32-35-63-57(38-43)52-25-9-11-28-61(52)67(63)46-19-13-18-45(37-46)56-40-59-51-24-6-5-22-49(51)50-23-7-8-27-54(50)66(59)65-48-21-4-2-16-42(48)31-34-55(56)65;1-4-15-45-38(11-1)13-9-22-55(45)62-57-21-8-6-17-48(57)53-35-41(27-32-59(53)62)40-26-31-58-52(34-40)47-16-5-7-20-56(47)61(58)43-28-23-37(24-29-43)39-25-30-46-50-19-10-18-49-44-14-3-2-12-42(44)36-54(60(49)50)51(46)33-39/h1-40H;1-36H. The number of fused-ring (bicyclic) bond motifs is 29. The van der Waals surface area contributed by atoms with Crippen molar-refractivity contribution in [2.75, 3.05) is 0 Å². The molecule has 0 saturated heterocycles. The molecule has 0 aliphatic heterocycles. The molecule has 0 amide bonds. The average Bonchev–Trinajstić information content (AvgIpc) is 1.13. The third-order valence-corrected chi connectivity index (χ3v) is 28.5. The summed E-state index contributed by atoms with van der Waals surface area (Å²) in [6.07, 6.45) is 0. The number of nitrogens with zero attached hydrogens (tertiary/aromatic N) is 4. The van der Waals surface area contributed by atoms with Crippen LogP contribution in [0.1, 0.15) is 0 Å². The summed E-state index contributed by atoms with van der Waals surface area (Å²) in [6.45, 7) is 0. The smallest absolute Gasteiger partial charge is 0.0541 e. The molecule has 4 heteroatoms. The van der Waals surface area contributed by atoms with E-state index in [1.807, 2.05) is 0 Å². The Kier molecular flexibility index (Phi) is 15.6. The molecule has 0 N–H and O–H groups in total. The predicted octanol–water partition coefficient (Wildman–Crippen LogP) is 34.5. The molecule has 0 saturated carbocycles. The summed E-state index contributed by atoms with van der Waals surface area (Å²) >= 11 is 0. The maximum Gasteiger partial charge on any atom is 0.0541 e. The van der Waals surface area contributed by atoms with Crippen LogP contribution in [0.5, 0.6) is 0 Å². The molecule has 600 valence electrons. The lowest BCUT2D eigenvalue weighted by atomic mass is 9.85. The maximum absolute atomic E-state index is 2.47. The second-order valence-corrected chi connectivity index (χ2v) is 35.2. The Hall–Kier alpha value is -17.2. The third kappa shape index (κ3) is 10.7. The molecular formula is C126H76N4. The normalized spacial score (nSPS) is 12.2. The van der Waals surface area contributed by atoms with Gasteiger partial charge in [0.25, 0.3) is 0 Å². The molecule has 4 aromatic heterocycles. The maximum atomic E-state index is 2.47. The first kappa shape index (κ1) is 72.2. The van der Waals surface area contributed by atoms with Crippen LogP contribution in [0.4, 0.5) is 0 Å². The highest BCUT2D eigenvalue weighted by atomic mass is 15.0. The molecule has 0 radical (unpaired) electrons. The van der Waals surface area contributed by atoms with Gasteiger partial charge in [-0.15, -0.1) is 0 Å². The number of benzene rings is 24. The molecule has 0 atom stereocenters. The first-order valence-electron chi connectivity index (χ1n) is 45.1. The van der Waals surface area contributed by atoms with Gasteiger partial charge in [0, 0.05) is 65.2 Å². The minimum Gasteiger partial charge on any atom is -0.309 e. The molecule has 24 aromatic carbocycles. The molecule has 0 spiro atoms. The fourth-order valence-corrected chi connectivity index (χ4v) is 22.7. The molecule has 4 nitrogen and oxygen atoms in total. The van der Waals surface area contributed by atoms with Gasteiger partial charge in [0.15, 0.2) is 0 Å². The highest BCUT2D eigenvalue weighted by Gasteiger charge is 2.27. The summed E-state index contributed by atoms with van der Waals surface area (Å²) in [5.41, 5.74) is 29.3. The van der Waals surface area contributed by atoms with Gasteiger partial charge in [-0.25, -0.2) is 0 Å². The van der Waals surface area contributed by atoms with Gasteiger partial charge >= 0.3 is 0 Å². The highest BCUT2D eigenvalue weighted by molar-refractivity contribution is 6.37. The Bertz CT molecular complexity index is 9750. The van der Waals surface area contributed by atoms with E-state index in [9.17, 15) is 0 Å². The van der Waals surface area contributed by atoms with E-state index < -0.39 is 0 Å². The summed E-state index contributed by atoms with van der Waals surface area (Å²) in [4.78, 5) is 0. The fraction of sp³-hybridized carbons (Fsp3) is 0. The lowest BCUT2D eigenvalue weighted by Crippen LogP contribution is -1.95. The third-order valence-electron chi connectivity index (χ3n) is 28.5. The first-order chi connectivity index (χ1) is 64.5. The van der Waals surface area contributed by atoms with Gasteiger partial charge in [-0.05, 0) is 280 Å². The van der Waals surface area contributed by atoms with E-state index in [0.29, 0.717) is 0 Å². The summed E-state index contributed by atoms with van der Waals surface area (Å²) < 4.78 is 9.75. The van der Waals surface area contributed by atoms with Gasteiger partial charge in [0.05, 0.1) is 55.5 Å². The zero-order valence-electron chi connectivity index (χ0n) is 70.7. The summed E-state index contributed by atoms with van der Waals surface area (Å²) in [5, 5.41) is 33.1. The topological polar surface area (TPSA) is 19.7 Å². The van der Waals surface area contributed by atoms with Crippen molar-refractivity contribution in [2.24, 2.45) is 0 Å². The van der Waals surface area contributed by atoms with Gasteiger partial charge in [-0.3, -0.25) is 0 Å². The molecule has 0 unspecified atom stereocenters. The average molecular weight is 1650 g/mol. The highest BCUT2D eigenvalue weighted by Crippen LogP contribution is 2.53. The van der Waals surface area contributed by atoms with Crippen LogP contribution in [0.3, 0.4) is 0 Å². The van der Waals surface area contributed by atoms with E-state index in [-0.39, 0.29) is 0 Å². The van der Waals surface area contributed by atoms with Gasteiger partial charge in [-0.2, -0.15) is 0 Å². The SMILES string of the molecule is c1cc(-c2cc3c4ccccc4c4ccccc4c3c3c2ccc2ccccc23)cc(-n2c3ccccc3c3cc(-c4ccc5c(c4)c4ccccc4n5-c4cccc5ccccc45)ccc32)c1.c1ccc2c(-n3c4ccccc4c4cc(-c5ccc6c(c5)c5ccccc5n6-c5ccc(-c6ccc7c(c6)-c6cc8ccccc8c8cccc-7c68)cc5)ccc43)cccc2c1. The zero-order chi connectivity index (χ0) is 84.9. The molecule has 1 aliphatic rings. The monoisotopic (exact) mass is 1640 g/mol. The van der Waals surface area contributed by atoms with Crippen LogP contribution in [0.2, 0.25) is 0 Å². The number of para-hydroxylation sites is 4. The van der Waals surface area contributed by atoms with Crippen LogP contribution >= 0.6 is 0 Å². The van der Waals surface area contributed by atoms with Crippen LogP contribution in [0.15, 0.2) is 461 Å². The molecular weight excluding hydrogens is 1570 g/mol. The predicted molar refractivity (Wildman–Crippen MR) is 554 cm³/mol. The quantitative estimate of drug-likeness (QED) is 0.135. The minimum atomic E-state index is 1.14. The molecule has 28 aromatic rings. The number of aromatic nitrogens is 4. The summed E-state index contributed by atoms with van der Waals surface area (Å²) in [5.74, 6) is 0. The van der Waals surface area contributed by atoms with Crippen LogP contribution < -0.4 is 0 Å². The zero-order valence-corrected chi connectivity index (χ0v) is 70.7.